The van der Waals surface area contributed by atoms with E-state index in [9.17, 15) is 4.79 Å². The molecule has 1 aliphatic rings. The molecule has 19 heavy (non-hydrogen) atoms. The molecule has 0 unspecified atom stereocenters. The maximum Gasteiger partial charge on any atom is 0.338 e. The van der Waals surface area contributed by atoms with Gasteiger partial charge in [-0.1, -0.05) is 11.6 Å². The highest BCUT2D eigenvalue weighted by Gasteiger charge is 2.16. The van der Waals surface area contributed by atoms with Gasteiger partial charge < -0.3 is 14.6 Å². The van der Waals surface area contributed by atoms with Crippen molar-refractivity contribution in [3.8, 4) is 22.8 Å². The number of hydrogen-bond donors (Lipinski definition) is 1. The number of benzene rings is 1. The number of rotatable bonds is 2. The van der Waals surface area contributed by atoms with E-state index in [1.54, 1.807) is 18.2 Å². The van der Waals surface area contributed by atoms with Crippen molar-refractivity contribution in [1.82, 2.24) is 4.98 Å². The van der Waals surface area contributed by atoms with Crippen LogP contribution in [-0.4, -0.2) is 22.9 Å². The Labute approximate surface area is 113 Å². The highest BCUT2D eigenvalue weighted by Crippen LogP contribution is 2.35. The van der Waals surface area contributed by atoms with Crippen LogP contribution >= 0.6 is 11.6 Å². The lowest BCUT2D eigenvalue weighted by Gasteiger charge is -2.04. The van der Waals surface area contributed by atoms with Gasteiger partial charge in [0.15, 0.2) is 11.5 Å². The summed E-state index contributed by atoms with van der Waals surface area (Å²) >= 11 is 5.84. The van der Waals surface area contributed by atoms with Crippen molar-refractivity contribution in [2.75, 3.05) is 6.79 Å². The number of hydrogen-bond acceptors (Lipinski definition) is 4. The SMILES string of the molecule is O=C(O)c1ccc(-c2ccc3c(c2)OCO3)nc1Cl. The number of carbonyl (C=O) groups is 1. The first-order valence-corrected chi connectivity index (χ1v) is 5.83. The van der Waals surface area contributed by atoms with Crippen molar-refractivity contribution in [2.24, 2.45) is 0 Å². The number of aromatic carboxylic acids is 1. The van der Waals surface area contributed by atoms with Crippen LogP contribution < -0.4 is 9.47 Å². The van der Waals surface area contributed by atoms with Gasteiger partial charge in [-0.25, -0.2) is 9.78 Å². The number of halogens is 1. The van der Waals surface area contributed by atoms with Crippen LogP contribution in [0.1, 0.15) is 10.4 Å². The average Bonchev–Trinajstić information content (AvgIpc) is 2.85. The highest BCUT2D eigenvalue weighted by atomic mass is 35.5. The van der Waals surface area contributed by atoms with Crippen LogP contribution in [0.2, 0.25) is 5.15 Å². The molecule has 0 spiro atoms. The van der Waals surface area contributed by atoms with Crippen molar-refractivity contribution in [1.29, 1.82) is 0 Å². The van der Waals surface area contributed by atoms with Crippen molar-refractivity contribution < 1.29 is 19.4 Å². The van der Waals surface area contributed by atoms with Crippen LogP contribution in [0.15, 0.2) is 30.3 Å². The van der Waals surface area contributed by atoms with Crippen molar-refractivity contribution in [3.05, 3.63) is 41.0 Å². The van der Waals surface area contributed by atoms with Gasteiger partial charge >= 0.3 is 5.97 Å². The molecule has 0 amide bonds. The van der Waals surface area contributed by atoms with Gasteiger partial charge in [-0.2, -0.15) is 0 Å². The number of ether oxygens (including phenoxy) is 2. The average molecular weight is 278 g/mol. The van der Waals surface area contributed by atoms with Gasteiger partial charge in [0.2, 0.25) is 6.79 Å². The van der Waals surface area contributed by atoms with E-state index >= 15 is 0 Å². The molecule has 5 nitrogen and oxygen atoms in total. The minimum absolute atomic E-state index is 0.0221. The lowest BCUT2D eigenvalue weighted by molar-refractivity contribution is 0.0696. The summed E-state index contributed by atoms with van der Waals surface area (Å²) in [5.74, 6) is 0.212. The standard InChI is InChI=1S/C13H8ClNO4/c14-12-8(13(16)17)2-3-9(15-12)7-1-4-10-11(5-7)19-6-18-10/h1-5H,6H2,(H,16,17). The van der Waals surface area contributed by atoms with E-state index in [4.69, 9.17) is 26.2 Å². The maximum atomic E-state index is 10.9. The molecule has 0 bridgehead atoms. The second kappa shape index (κ2) is 4.44. The fraction of sp³-hybridized carbons (Fsp3) is 0.0769. The number of carboxylic acids is 1. The summed E-state index contributed by atoms with van der Waals surface area (Å²) in [6.07, 6.45) is 0. The van der Waals surface area contributed by atoms with Crippen molar-refractivity contribution in [3.63, 3.8) is 0 Å². The second-order valence-corrected chi connectivity index (χ2v) is 4.27. The Morgan fingerprint density at radius 3 is 2.74 bits per heavy atom. The highest BCUT2D eigenvalue weighted by molar-refractivity contribution is 6.32. The molecule has 0 radical (unpaired) electrons. The van der Waals surface area contributed by atoms with Gasteiger partial charge in [0.25, 0.3) is 0 Å². The Morgan fingerprint density at radius 2 is 2.00 bits per heavy atom. The largest absolute Gasteiger partial charge is 0.478 e. The van der Waals surface area contributed by atoms with E-state index in [1.807, 2.05) is 6.07 Å². The molecule has 2 aromatic rings. The first kappa shape index (κ1) is 11.8. The van der Waals surface area contributed by atoms with Crippen LogP contribution in [0.25, 0.3) is 11.3 Å². The van der Waals surface area contributed by atoms with Crippen LogP contribution in [-0.2, 0) is 0 Å². The Morgan fingerprint density at radius 1 is 1.21 bits per heavy atom. The molecule has 1 aromatic carbocycles. The Balaban J connectivity index is 2.03. The Kier molecular flexibility index (Phi) is 2.76. The molecule has 1 N–H and O–H groups in total. The van der Waals surface area contributed by atoms with Crippen molar-refractivity contribution >= 4 is 17.6 Å². The summed E-state index contributed by atoms with van der Waals surface area (Å²) in [6.45, 7) is 0.199. The molecule has 96 valence electrons. The minimum Gasteiger partial charge on any atom is -0.478 e. The molecule has 0 aliphatic carbocycles. The first-order valence-electron chi connectivity index (χ1n) is 5.45. The lowest BCUT2D eigenvalue weighted by Crippen LogP contribution is -1.99. The second-order valence-electron chi connectivity index (χ2n) is 3.91. The quantitative estimate of drug-likeness (QED) is 0.855. The number of pyridine rings is 1. The molecule has 3 rings (SSSR count). The summed E-state index contributed by atoms with van der Waals surface area (Å²) in [6, 6.07) is 8.40. The normalized spacial score (nSPS) is 12.5. The van der Waals surface area contributed by atoms with Crippen LogP contribution in [0.4, 0.5) is 0 Å². The molecule has 0 fully saturated rings. The number of aromatic nitrogens is 1. The minimum atomic E-state index is -1.10. The molecule has 1 aromatic heterocycles. The Hall–Kier alpha value is -2.27. The maximum absolute atomic E-state index is 10.9. The Bertz CT molecular complexity index is 672. The van der Waals surface area contributed by atoms with E-state index in [2.05, 4.69) is 4.98 Å². The molecule has 0 atom stereocenters. The smallest absolute Gasteiger partial charge is 0.338 e. The third-order valence-electron chi connectivity index (χ3n) is 2.75. The topological polar surface area (TPSA) is 68.7 Å². The number of carboxylic acid groups (broad SMARTS) is 1. The van der Waals surface area contributed by atoms with Gasteiger partial charge in [-0.3, -0.25) is 0 Å². The van der Waals surface area contributed by atoms with Gasteiger partial charge in [0, 0.05) is 5.56 Å². The van der Waals surface area contributed by atoms with Crippen LogP contribution in [0.5, 0.6) is 11.5 Å². The third kappa shape index (κ3) is 2.08. The fourth-order valence-corrected chi connectivity index (χ4v) is 2.05. The van der Waals surface area contributed by atoms with E-state index in [0.717, 1.165) is 5.56 Å². The third-order valence-corrected chi connectivity index (χ3v) is 3.04. The zero-order valence-electron chi connectivity index (χ0n) is 9.59. The molecular formula is C13H8ClNO4. The fourth-order valence-electron chi connectivity index (χ4n) is 1.81. The van der Waals surface area contributed by atoms with Gasteiger partial charge in [0.05, 0.1) is 11.3 Å². The monoisotopic (exact) mass is 277 g/mol. The zero-order valence-corrected chi connectivity index (χ0v) is 10.3. The number of fused-ring (bicyclic) bond motifs is 1. The molecule has 0 saturated heterocycles. The predicted molar refractivity (Wildman–Crippen MR) is 67.8 cm³/mol. The lowest BCUT2D eigenvalue weighted by atomic mass is 10.1. The number of nitrogens with zero attached hydrogens (tertiary/aromatic N) is 1. The summed E-state index contributed by atoms with van der Waals surface area (Å²) in [7, 11) is 0. The summed E-state index contributed by atoms with van der Waals surface area (Å²) in [5.41, 5.74) is 1.34. The summed E-state index contributed by atoms with van der Waals surface area (Å²) in [5, 5.41) is 8.85. The zero-order chi connectivity index (χ0) is 13.4. The van der Waals surface area contributed by atoms with Gasteiger partial charge in [-0.15, -0.1) is 0 Å². The molecular weight excluding hydrogens is 270 g/mol. The predicted octanol–water partition coefficient (Wildman–Crippen LogP) is 2.83. The molecule has 1 aliphatic heterocycles. The van der Waals surface area contributed by atoms with E-state index < -0.39 is 5.97 Å². The van der Waals surface area contributed by atoms with E-state index in [-0.39, 0.29) is 17.5 Å². The molecule has 2 heterocycles. The van der Waals surface area contributed by atoms with Gasteiger partial charge in [0.1, 0.15) is 5.15 Å². The summed E-state index contributed by atoms with van der Waals surface area (Å²) < 4.78 is 10.5. The first-order chi connectivity index (χ1) is 9.15. The van der Waals surface area contributed by atoms with E-state index in [1.165, 1.54) is 6.07 Å². The van der Waals surface area contributed by atoms with Crippen molar-refractivity contribution in [2.45, 2.75) is 0 Å². The van der Waals surface area contributed by atoms with E-state index in [0.29, 0.717) is 17.2 Å². The van der Waals surface area contributed by atoms with Gasteiger partial charge in [-0.05, 0) is 30.3 Å². The van der Waals surface area contributed by atoms with Crippen LogP contribution in [0, 0.1) is 0 Å². The molecule has 0 saturated carbocycles. The summed E-state index contributed by atoms with van der Waals surface area (Å²) in [4.78, 5) is 14.9. The molecule has 6 heteroatoms. The van der Waals surface area contributed by atoms with Crippen LogP contribution in [0.3, 0.4) is 0 Å².